The van der Waals surface area contributed by atoms with Crippen molar-refractivity contribution in [3.05, 3.63) is 81.4 Å². The largest absolute Gasteiger partial charge is 0.370 e. The van der Waals surface area contributed by atoms with Crippen molar-refractivity contribution in [1.82, 2.24) is 29.7 Å². The number of aromatic nitrogens is 4. The number of aryl methyl sites for hydroxylation is 1. The van der Waals surface area contributed by atoms with Crippen LogP contribution in [0.2, 0.25) is 0 Å². The Morgan fingerprint density at radius 3 is 2.40 bits per heavy atom. The number of anilines is 3. The second-order valence-corrected chi connectivity index (χ2v) is 16.0. The summed E-state index contributed by atoms with van der Waals surface area (Å²) in [4.78, 5) is 68.8. The van der Waals surface area contributed by atoms with Crippen molar-refractivity contribution in [2.24, 2.45) is 0 Å². The van der Waals surface area contributed by atoms with Gasteiger partial charge in [0, 0.05) is 62.7 Å². The standard InChI is InChI=1S/C42H49FN8O4/c1-26-34-25-45-41(48-38(34)51(31-8-3-4-9-31)40(55)37(26)27(2)52)46-35-12-10-32(24-44-35)49-18-14-30(15-19-49)50-20-16-42(43,17-21-50)23-28-6-5-7-29(22-28)33-11-13-36(53)47-39(33)54/h5-7,10,12,22,24-25,30-31,33H,3-4,8-9,11,13-21,23H2,1-2H3,(H,47,53,54)(H,44,45,46,48). The number of ketones is 1. The molecular formula is C42H49FN8O4. The molecule has 0 radical (unpaired) electrons. The molecule has 8 rings (SSSR count). The number of pyridine rings is 2. The molecule has 13 heteroatoms. The summed E-state index contributed by atoms with van der Waals surface area (Å²) in [6, 6.07) is 12.1. The van der Waals surface area contributed by atoms with E-state index in [0.29, 0.717) is 66.5 Å². The van der Waals surface area contributed by atoms with Crippen LogP contribution in [-0.2, 0) is 16.0 Å². The van der Waals surface area contributed by atoms with Crippen LogP contribution < -0.4 is 21.1 Å². The van der Waals surface area contributed by atoms with Gasteiger partial charge in [0.25, 0.3) is 5.56 Å². The Kier molecular flexibility index (Phi) is 10.2. The number of benzene rings is 1. The van der Waals surface area contributed by atoms with Crippen molar-refractivity contribution in [2.45, 2.75) is 108 Å². The summed E-state index contributed by atoms with van der Waals surface area (Å²) in [5, 5.41) is 6.35. The molecule has 1 atom stereocenters. The number of halogens is 1. The van der Waals surface area contributed by atoms with E-state index in [1.54, 1.807) is 17.7 Å². The highest BCUT2D eigenvalue weighted by Gasteiger charge is 2.38. The molecule has 1 aliphatic carbocycles. The second-order valence-electron chi connectivity index (χ2n) is 16.0. The van der Waals surface area contributed by atoms with E-state index in [1.807, 2.05) is 42.6 Å². The van der Waals surface area contributed by atoms with Crippen LogP contribution in [-0.4, -0.2) is 79.9 Å². The number of amides is 2. The smallest absolute Gasteiger partial charge is 0.263 e. The number of alkyl halides is 1. The van der Waals surface area contributed by atoms with Gasteiger partial charge in [0.1, 0.15) is 17.1 Å². The molecule has 4 fully saturated rings. The first-order valence-corrected chi connectivity index (χ1v) is 19.8. The minimum Gasteiger partial charge on any atom is -0.370 e. The number of hydrogen-bond donors (Lipinski definition) is 2. The first-order valence-electron chi connectivity index (χ1n) is 19.8. The highest BCUT2D eigenvalue weighted by molar-refractivity contribution is 6.01. The van der Waals surface area contributed by atoms with Crippen LogP contribution in [0.5, 0.6) is 0 Å². The summed E-state index contributed by atoms with van der Waals surface area (Å²) in [7, 11) is 0. The molecule has 3 saturated heterocycles. The fraction of sp³-hybridized carbons (Fsp3) is 0.500. The highest BCUT2D eigenvalue weighted by atomic mass is 19.1. The van der Waals surface area contributed by atoms with Gasteiger partial charge in [-0.15, -0.1) is 0 Å². The van der Waals surface area contributed by atoms with Gasteiger partial charge in [-0.1, -0.05) is 37.1 Å². The molecule has 2 amide bonds. The Hall–Kier alpha value is -5.04. The lowest BCUT2D eigenvalue weighted by Gasteiger charge is -2.44. The van der Waals surface area contributed by atoms with Gasteiger partial charge in [0.05, 0.1) is 23.4 Å². The van der Waals surface area contributed by atoms with Crippen LogP contribution in [0.1, 0.15) is 110 Å². The molecule has 1 aromatic carbocycles. The van der Waals surface area contributed by atoms with E-state index in [2.05, 4.69) is 30.4 Å². The van der Waals surface area contributed by atoms with E-state index in [9.17, 15) is 19.2 Å². The molecule has 1 saturated carbocycles. The Bertz CT molecular complexity index is 2170. The van der Waals surface area contributed by atoms with Crippen molar-refractivity contribution in [3.8, 4) is 0 Å². The number of imide groups is 1. The van der Waals surface area contributed by atoms with Gasteiger partial charge >= 0.3 is 0 Å². The number of piperidine rings is 3. The topological polar surface area (TPSA) is 142 Å². The molecule has 1 unspecified atom stereocenters. The molecule has 55 heavy (non-hydrogen) atoms. The van der Waals surface area contributed by atoms with E-state index < -0.39 is 5.67 Å². The van der Waals surface area contributed by atoms with Crippen molar-refractivity contribution >= 4 is 46.1 Å². The number of likely N-dealkylation sites (tertiary alicyclic amines) is 1. The molecular weight excluding hydrogens is 700 g/mol. The normalized spacial score (nSPS) is 21.2. The molecule has 6 heterocycles. The summed E-state index contributed by atoms with van der Waals surface area (Å²) < 4.78 is 17.9. The molecule has 12 nitrogen and oxygen atoms in total. The molecule has 4 aliphatic rings. The van der Waals surface area contributed by atoms with Gasteiger partial charge in [0.15, 0.2) is 5.78 Å². The van der Waals surface area contributed by atoms with Crippen LogP contribution in [0, 0.1) is 6.92 Å². The summed E-state index contributed by atoms with van der Waals surface area (Å²) >= 11 is 0. The number of nitrogens with zero attached hydrogens (tertiary/aromatic N) is 6. The van der Waals surface area contributed by atoms with E-state index in [0.717, 1.165) is 81.5 Å². The quantitative estimate of drug-likeness (QED) is 0.153. The average molecular weight is 749 g/mol. The Morgan fingerprint density at radius 1 is 0.945 bits per heavy atom. The molecule has 2 N–H and O–H groups in total. The van der Waals surface area contributed by atoms with Crippen molar-refractivity contribution in [1.29, 1.82) is 0 Å². The van der Waals surface area contributed by atoms with Crippen molar-refractivity contribution in [2.75, 3.05) is 36.4 Å². The van der Waals surface area contributed by atoms with Crippen LogP contribution >= 0.6 is 0 Å². The highest BCUT2D eigenvalue weighted by Crippen LogP contribution is 2.35. The molecule has 3 aromatic heterocycles. The van der Waals surface area contributed by atoms with E-state index >= 15 is 4.39 Å². The summed E-state index contributed by atoms with van der Waals surface area (Å²) in [6.45, 7) is 6.44. The molecule has 288 valence electrons. The van der Waals surface area contributed by atoms with Crippen molar-refractivity contribution < 1.29 is 18.8 Å². The number of hydrogen-bond acceptors (Lipinski definition) is 10. The van der Waals surface area contributed by atoms with Gasteiger partial charge in [0.2, 0.25) is 17.8 Å². The zero-order valence-electron chi connectivity index (χ0n) is 31.7. The van der Waals surface area contributed by atoms with Gasteiger partial charge in [-0.25, -0.2) is 14.4 Å². The van der Waals surface area contributed by atoms with E-state index in [4.69, 9.17) is 4.98 Å². The fourth-order valence-electron chi connectivity index (χ4n) is 9.32. The van der Waals surface area contributed by atoms with Crippen LogP contribution in [0.25, 0.3) is 11.0 Å². The molecule has 0 spiro atoms. The maximum Gasteiger partial charge on any atom is 0.263 e. The lowest BCUT2D eigenvalue weighted by Crippen LogP contribution is -2.51. The molecule has 0 bridgehead atoms. The lowest BCUT2D eigenvalue weighted by atomic mass is 9.84. The third-order valence-electron chi connectivity index (χ3n) is 12.4. The van der Waals surface area contributed by atoms with Crippen LogP contribution in [0.3, 0.4) is 0 Å². The Labute approximate surface area is 319 Å². The van der Waals surface area contributed by atoms with E-state index in [1.165, 1.54) is 6.92 Å². The Balaban J connectivity index is 0.857. The third kappa shape index (κ3) is 7.63. The SMILES string of the molecule is CC(=O)c1c(C)c2cnc(Nc3ccc(N4CCC(N5CCC(F)(Cc6cccc(C7CCC(=O)NC7=O)c6)CC5)CC4)cn3)nc2n(C2CCCC2)c1=O. The molecule has 3 aliphatic heterocycles. The number of carbonyl (C=O) groups excluding carboxylic acids is 3. The minimum absolute atomic E-state index is 0.00795. The van der Waals surface area contributed by atoms with Gasteiger partial charge in [-0.05, 0) is 87.6 Å². The number of nitrogens with one attached hydrogen (secondary N) is 2. The number of Topliss-reactive ketones (excluding diaryl/α,β-unsaturated/α-hetero) is 1. The minimum atomic E-state index is -1.28. The second kappa shape index (κ2) is 15.2. The van der Waals surface area contributed by atoms with Gasteiger partial charge in [-0.2, -0.15) is 4.98 Å². The number of fused-ring (bicyclic) bond motifs is 1. The monoisotopic (exact) mass is 748 g/mol. The maximum absolute atomic E-state index is 16.2. The first-order chi connectivity index (χ1) is 26.5. The van der Waals surface area contributed by atoms with Gasteiger partial charge < -0.3 is 15.1 Å². The predicted molar refractivity (Wildman–Crippen MR) is 209 cm³/mol. The third-order valence-corrected chi connectivity index (χ3v) is 12.4. The maximum atomic E-state index is 16.2. The van der Waals surface area contributed by atoms with Gasteiger partial charge in [-0.3, -0.25) is 29.1 Å². The predicted octanol–water partition coefficient (Wildman–Crippen LogP) is 6.09. The van der Waals surface area contributed by atoms with E-state index in [-0.39, 0.29) is 40.7 Å². The lowest BCUT2D eigenvalue weighted by molar-refractivity contribution is -0.134. The van der Waals surface area contributed by atoms with Crippen LogP contribution in [0.4, 0.5) is 21.8 Å². The molecule has 4 aromatic rings. The summed E-state index contributed by atoms with van der Waals surface area (Å²) in [5.74, 6) is -0.177. The zero-order chi connectivity index (χ0) is 38.3. The summed E-state index contributed by atoms with van der Waals surface area (Å²) in [5.41, 5.74) is 2.59. The fourth-order valence-corrected chi connectivity index (χ4v) is 9.32. The zero-order valence-corrected chi connectivity index (χ0v) is 31.7. The average Bonchev–Trinajstić information content (AvgIpc) is 3.70. The number of carbonyl (C=O) groups is 3. The first kappa shape index (κ1) is 36.9. The van der Waals surface area contributed by atoms with Crippen LogP contribution in [0.15, 0.2) is 53.6 Å². The summed E-state index contributed by atoms with van der Waals surface area (Å²) in [6.07, 6.45) is 11.5. The Morgan fingerprint density at radius 2 is 1.71 bits per heavy atom. The number of rotatable bonds is 9. The van der Waals surface area contributed by atoms with Crippen molar-refractivity contribution in [3.63, 3.8) is 0 Å².